The van der Waals surface area contributed by atoms with Crippen molar-refractivity contribution in [2.24, 2.45) is 5.92 Å². The van der Waals surface area contributed by atoms with E-state index >= 15 is 0 Å². The molecule has 0 spiro atoms. The number of nitrogens with one attached hydrogen (secondary N) is 1. The van der Waals surface area contributed by atoms with Crippen LogP contribution in [0.4, 0.5) is 5.82 Å². The standard InChI is InChI=1S/C22H28N4S/c1-16(12-18-6-4-3-5-7-18)13-23-19-8-10-26(11-9-19)22-21-20(24-15-25-22)17(2)14-27-21/h3-7,14-16,19,23H,8-13H2,1-2H3. The van der Waals surface area contributed by atoms with Gasteiger partial charge in [0.2, 0.25) is 0 Å². The van der Waals surface area contributed by atoms with E-state index < -0.39 is 0 Å². The molecule has 1 saturated heterocycles. The number of hydrogen-bond donors (Lipinski definition) is 1. The number of nitrogens with zero attached hydrogens (tertiary/aromatic N) is 3. The largest absolute Gasteiger partial charge is 0.355 e. The summed E-state index contributed by atoms with van der Waals surface area (Å²) in [5.41, 5.74) is 3.79. The molecule has 3 aromatic rings. The first-order valence-corrected chi connectivity index (χ1v) is 10.8. The highest BCUT2D eigenvalue weighted by molar-refractivity contribution is 7.18. The molecule has 0 amide bonds. The van der Waals surface area contributed by atoms with Crippen LogP contribution in [0.2, 0.25) is 0 Å². The fraction of sp³-hybridized carbons (Fsp3) is 0.455. The number of rotatable bonds is 6. The van der Waals surface area contributed by atoms with Crippen molar-refractivity contribution in [3.05, 3.63) is 53.2 Å². The average molecular weight is 381 g/mol. The topological polar surface area (TPSA) is 41.0 Å². The molecule has 0 aliphatic carbocycles. The smallest absolute Gasteiger partial charge is 0.150 e. The number of anilines is 1. The third-order valence-corrected chi connectivity index (χ3v) is 6.57. The van der Waals surface area contributed by atoms with Crippen LogP contribution in [0.3, 0.4) is 0 Å². The Labute approximate surface area is 165 Å². The van der Waals surface area contributed by atoms with Crippen molar-refractivity contribution in [3.8, 4) is 0 Å². The third-order valence-electron chi connectivity index (χ3n) is 5.49. The van der Waals surface area contributed by atoms with Crippen LogP contribution >= 0.6 is 11.3 Å². The van der Waals surface area contributed by atoms with Gasteiger partial charge in [0.15, 0.2) is 0 Å². The van der Waals surface area contributed by atoms with Crippen LogP contribution in [0.1, 0.15) is 30.9 Å². The van der Waals surface area contributed by atoms with Crippen LogP contribution in [-0.4, -0.2) is 35.6 Å². The van der Waals surface area contributed by atoms with Crippen LogP contribution in [0.5, 0.6) is 0 Å². The fourth-order valence-corrected chi connectivity index (χ4v) is 4.95. The maximum Gasteiger partial charge on any atom is 0.150 e. The molecule has 0 saturated carbocycles. The van der Waals surface area contributed by atoms with Gasteiger partial charge in [-0.3, -0.25) is 0 Å². The summed E-state index contributed by atoms with van der Waals surface area (Å²) >= 11 is 1.77. The predicted molar refractivity (Wildman–Crippen MR) is 115 cm³/mol. The molecule has 1 fully saturated rings. The molecule has 1 unspecified atom stereocenters. The van der Waals surface area contributed by atoms with E-state index in [1.807, 2.05) is 0 Å². The molecular formula is C22H28N4S. The van der Waals surface area contributed by atoms with Gasteiger partial charge in [-0.1, -0.05) is 37.3 Å². The minimum Gasteiger partial charge on any atom is -0.355 e. The SMILES string of the molecule is Cc1csc2c(N3CCC(NCC(C)Cc4ccccc4)CC3)ncnc12. The van der Waals surface area contributed by atoms with Gasteiger partial charge in [0.05, 0.1) is 10.2 Å². The Balaban J connectivity index is 1.29. The Hall–Kier alpha value is -1.98. The minimum absolute atomic E-state index is 0.613. The van der Waals surface area contributed by atoms with Crippen LogP contribution in [0.25, 0.3) is 10.2 Å². The van der Waals surface area contributed by atoms with Gasteiger partial charge in [0.25, 0.3) is 0 Å². The van der Waals surface area contributed by atoms with Crippen LogP contribution in [0, 0.1) is 12.8 Å². The van der Waals surface area contributed by atoms with Gasteiger partial charge >= 0.3 is 0 Å². The summed E-state index contributed by atoms with van der Waals surface area (Å²) in [6.45, 7) is 7.68. The van der Waals surface area contributed by atoms with Crippen molar-refractivity contribution in [1.29, 1.82) is 0 Å². The zero-order chi connectivity index (χ0) is 18.6. The predicted octanol–water partition coefficient (Wildman–Crippen LogP) is 4.44. The highest BCUT2D eigenvalue weighted by Gasteiger charge is 2.22. The second-order valence-electron chi connectivity index (χ2n) is 7.76. The third kappa shape index (κ3) is 4.30. The molecule has 5 heteroatoms. The van der Waals surface area contributed by atoms with Crippen LogP contribution < -0.4 is 10.2 Å². The average Bonchev–Trinajstić information content (AvgIpc) is 3.09. The van der Waals surface area contributed by atoms with Gasteiger partial charge in [0, 0.05) is 19.1 Å². The molecule has 2 aromatic heterocycles. The molecule has 142 valence electrons. The van der Waals surface area contributed by atoms with E-state index in [0.29, 0.717) is 12.0 Å². The highest BCUT2D eigenvalue weighted by Crippen LogP contribution is 2.32. The lowest BCUT2D eigenvalue weighted by atomic mass is 9.99. The van der Waals surface area contributed by atoms with Crippen molar-refractivity contribution in [1.82, 2.24) is 15.3 Å². The molecule has 1 aliphatic heterocycles. The molecule has 0 radical (unpaired) electrons. The van der Waals surface area contributed by atoms with Gasteiger partial charge in [-0.2, -0.15) is 0 Å². The van der Waals surface area contributed by atoms with E-state index in [1.54, 1.807) is 17.7 Å². The molecule has 1 N–H and O–H groups in total. The summed E-state index contributed by atoms with van der Waals surface area (Å²) < 4.78 is 1.23. The highest BCUT2D eigenvalue weighted by atomic mass is 32.1. The molecule has 1 atom stereocenters. The normalized spacial score (nSPS) is 16.7. The molecule has 4 rings (SSSR count). The van der Waals surface area contributed by atoms with E-state index in [2.05, 4.69) is 69.7 Å². The first kappa shape index (κ1) is 18.4. The molecule has 27 heavy (non-hydrogen) atoms. The van der Waals surface area contributed by atoms with Gasteiger partial charge in [0.1, 0.15) is 12.1 Å². The summed E-state index contributed by atoms with van der Waals surface area (Å²) in [5, 5.41) is 5.98. The van der Waals surface area contributed by atoms with E-state index in [9.17, 15) is 0 Å². The van der Waals surface area contributed by atoms with Gasteiger partial charge in [-0.15, -0.1) is 11.3 Å². The number of aromatic nitrogens is 2. The Bertz CT molecular complexity index is 868. The molecule has 1 aliphatic rings. The van der Waals surface area contributed by atoms with E-state index in [0.717, 1.165) is 37.4 Å². The molecule has 4 nitrogen and oxygen atoms in total. The van der Waals surface area contributed by atoms with E-state index in [1.165, 1.54) is 28.7 Å². The lowest BCUT2D eigenvalue weighted by Crippen LogP contribution is -2.44. The monoisotopic (exact) mass is 380 g/mol. The summed E-state index contributed by atoms with van der Waals surface area (Å²) in [6.07, 6.45) is 5.21. The maximum absolute atomic E-state index is 4.59. The summed E-state index contributed by atoms with van der Waals surface area (Å²) in [4.78, 5) is 11.5. The Kier molecular flexibility index (Phi) is 5.69. The number of aryl methyl sites for hydroxylation is 1. The molecule has 0 bridgehead atoms. The second kappa shape index (κ2) is 8.36. The first-order chi connectivity index (χ1) is 13.2. The van der Waals surface area contributed by atoms with Crippen molar-refractivity contribution in [2.45, 2.75) is 39.2 Å². The van der Waals surface area contributed by atoms with Crippen molar-refractivity contribution in [3.63, 3.8) is 0 Å². The zero-order valence-corrected chi connectivity index (χ0v) is 17.0. The lowest BCUT2D eigenvalue weighted by Gasteiger charge is -2.34. The van der Waals surface area contributed by atoms with Crippen LogP contribution in [0.15, 0.2) is 42.0 Å². The second-order valence-corrected chi connectivity index (χ2v) is 8.64. The quantitative estimate of drug-likeness (QED) is 0.686. The van der Waals surface area contributed by atoms with E-state index in [4.69, 9.17) is 0 Å². The van der Waals surface area contributed by atoms with Crippen LogP contribution in [-0.2, 0) is 6.42 Å². The zero-order valence-electron chi connectivity index (χ0n) is 16.2. The van der Waals surface area contributed by atoms with Crippen molar-refractivity contribution >= 4 is 27.4 Å². The van der Waals surface area contributed by atoms with Gasteiger partial charge in [-0.05, 0) is 55.2 Å². The first-order valence-electron chi connectivity index (χ1n) is 9.91. The molecule has 3 heterocycles. The fourth-order valence-electron chi connectivity index (χ4n) is 3.93. The van der Waals surface area contributed by atoms with Gasteiger partial charge < -0.3 is 10.2 Å². The van der Waals surface area contributed by atoms with E-state index in [-0.39, 0.29) is 0 Å². The Morgan fingerprint density at radius 3 is 2.74 bits per heavy atom. The number of piperidine rings is 1. The maximum atomic E-state index is 4.59. The van der Waals surface area contributed by atoms with Crippen molar-refractivity contribution in [2.75, 3.05) is 24.5 Å². The molecule has 1 aromatic carbocycles. The summed E-state index contributed by atoms with van der Waals surface area (Å²) in [6, 6.07) is 11.4. The lowest BCUT2D eigenvalue weighted by molar-refractivity contribution is 0.383. The number of benzene rings is 1. The van der Waals surface area contributed by atoms with Crippen molar-refractivity contribution < 1.29 is 0 Å². The molecular weight excluding hydrogens is 352 g/mol. The Morgan fingerprint density at radius 1 is 1.19 bits per heavy atom. The summed E-state index contributed by atoms with van der Waals surface area (Å²) in [5.74, 6) is 1.77. The number of thiophene rings is 1. The summed E-state index contributed by atoms with van der Waals surface area (Å²) in [7, 11) is 0. The Morgan fingerprint density at radius 2 is 1.96 bits per heavy atom. The number of fused-ring (bicyclic) bond motifs is 1. The number of hydrogen-bond acceptors (Lipinski definition) is 5. The van der Waals surface area contributed by atoms with Gasteiger partial charge in [-0.25, -0.2) is 9.97 Å². The minimum atomic E-state index is 0.613.